The van der Waals surface area contributed by atoms with Gasteiger partial charge in [0.2, 0.25) is 5.91 Å². The molecule has 0 saturated heterocycles. The maximum atomic E-state index is 12.2. The van der Waals surface area contributed by atoms with E-state index in [1.165, 1.54) is 0 Å². The van der Waals surface area contributed by atoms with Gasteiger partial charge < -0.3 is 10.0 Å². The lowest BCUT2D eigenvalue weighted by atomic mass is 9.79. The van der Waals surface area contributed by atoms with Crippen molar-refractivity contribution in [2.45, 2.75) is 45.4 Å². The summed E-state index contributed by atoms with van der Waals surface area (Å²) in [6, 6.07) is 0. The summed E-state index contributed by atoms with van der Waals surface area (Å²) < 4.78 is 0. The molecular formula is C13H25NO2. The maximum absolute atomic E-state index is 12.2. The van der Waals surface area contributed by atoms with Gasteiger partial charge in [-0.25, -0.2) is 0 Å². The number of unbranched alkanes of at least 4 members (excludes halogenated alkanes) is 1. The Kier molecular flexibility index (Phi) is 5.81. The molecule has 3 heteroatoms. The van der Waals surface area contributed by atoms with E-state index in [-0.39, 0.29) is 24.3 Å². The third-order valence-electron chi connectivity index (χ3n) is 3.68. The second-order valence-corrected chi connectivity index (χ2v) is 4.95. The minimum absolute atomic E-state index is 0.0700. The molecule has 0 bridgehead atoms. The van der Waals surface area contributed by atoms with E-state index < -0.39 is 0 Å². The van der Waals surface area contributed by atoms with Crippen LogP contribution in [0.4, 0.5) is 0 Å². The number of hydrogen-bond acceptors (Lipinski definition) is 2. The third-order valence-corrected chi connectivity index (χ3v) is 3.68. The Labute approximate surface area is 98.8 Å². The summed E-state index contributed by atoms with van der Waals surface area (Å²) in [7, 11) is 1.89. The Morgan fingerprint density at radius 3 is 2.69 bits per heavy atom. The minimum Gasteiger partial charge on any atom is -0.396 e. The van der Waals surface area contributed by atoms with Crippen molar-refractivity contribution < 1.29 is 9.90 Å². The van der Waals surface area contributed by atoms with Gasteiger partial charge in [-0.15, -0.1) is 0 Å². The van der Waals surface area contributed by atoms with Gasteiger partial charge in [-0.1, -0.05) is 26.2 Å². The molecule has 1 rings (SSSR count). The lowest BCUT2D eigenvalue weighted by molar-refractivity contribution is -0.138. The summed E-state index contributed by atoms with van der Waals surface area (Å²) in [4.78, 5) is 14.0. The summed E-state index contributed by atoms with van der Waals surface area (Å²) >= 11 is 0. The first-order valence-electron chi connectivity index (χ1n) is 6.56. The van der Waals surface area contributed by atoms with Crippen molar-refractivity contribution >= 4 is 5.91 Å². The molecule has 3 nitrogen and oxygen atoms in total. The van der Waals surface area contributed by atoms with E-state index in [1.807, 2.05) is 11.9 Å². The molecule has 1 fully saturated rings. The molecule has 1 aliphatic rings. The van der Waals surface area contributed by atoms with E-state index in [1.54, 1.807) is 0 Å². The Morgan fingerprint density at radius 1 is 1.38 bits per heavy atom. The molecule has 2 unspecified atom stereocenters. The normalized spacial score (nSPS) is 25.4. The average Bonchev–Trinajstić information content (AvgIpc) is 2.34. The largest absolute Gasteiger partial charge is 0.396 e. The standard InChI is InChI=1S/C13H25NO2/c1-3-4-9-14(2)13(16)12-8-6-5-7-11(12)10-15/h11-12,15H,3-10H2,1-2H3. The fourth-order valence-corrected chi connectivity index (χ4v) is 2.54. The fraction of sp³-hybridized carbons (Fsp3) is 0.923. The van der Waals surface area contributed by atoms with Crippen molar-refractivity contribution in [1.29, 1.82) is 0 Å². The molecule has 2 atom stereocenters. The van der Waals surface area contributed by atoms with Crippen molar-refractivity contribution in [2.75, 3.05) is 20.2 Å². The van der Waals surface area contributed by atoms with Crippen LogP contribution in [0.2, 0.25) is 0 Å². The van der Waals surface area contributed by atoms with Gasteiger partial charge in [-0.2, -0.15) is 0 Å². The van der Waals surface area contributed by atoms with Crippen molar-refractivity contribution in [1.82, 2.24) is 4.90 Å². The predicted molar refractivity (Wildman–Crippen MR) is 65.1 cm³/mol. The van der Waals surface area contributed by atoms with Gasteiger partial charge in [0.05, 0.1) is 0 Å². The number of aliphatic hydroxyl groups is 1. The topological polar surface area (TPSA) is 40.5 Å². The highest BCUT2D eigenvalue weighted by Gasteiger charge is 2.31. The summed E-state index contributed by atoms with van der Waals surface area (Å²) in [5.74, 6) is 0.512. The number of amides is 1. The van der Waals surface area contributed by atoms with Gasteiger partial charge >= 0.3 is 0 Å². The second-order valence-electron chi connectivity index (χ2n) is 4.95. The smallest absolute Gasteiger partial charge is 0.225 e. The van der Waals surface area contributed by atoms with Crippen LogP contribution in [0, 0.1) is 11.8 Å². The predicted octanol–water partition coefficient (Wildman–Crippen LogP) is 2.04. The second kappa shape index (κ2) is 6.89. The van der Waals surface area contributed by atoms with E-state index in [4.69, 9.17) is 0 Å². The van der Waals surface area contributed by atoms with E-state index in [2.05, 4.69) is 6.92 Å². The van der Waals surface area contributed by atoms with Gasteiger partial charge in [0, 0.05) is 26.1 Å². The molecule has 1 aliphatic carbocycles. The molecule has 0 radical (unpaired) electrons. The number of carbonyl (C=O) groups excluding carboxylic acids is 1. The minimum atomic E-state index is 0.0700. The monoisotopic (exact) mass is 227 g/mol. The van der Waals surface area contributed by atoms with Crippen LogP contribution in [0.1, 0.15) is 45.4 Å². The van der Waals surface area contributed by atoms with Crippen LogP contribution in [0.3, 0.4) is 0 Å². The van der Waals surface area contributed by atoms with Crippen molar-refractivity contribution in [3.63, 3.8) is 0 Å². The highest BCUT2D eigenvalue weighted by atomic mass is 16.3. The Bertz CT molecular complexity index is 218. The van der Waals surface area contributed by atoms with E-state index >= 15 is 0 Å². The molecule has 0 aromatic heterocycles. The summed E-state index contributed by atoms with van der Waals surface area (Å²) in [6.45, 7) is 3.15. The highest BCUT2D eigenvalue weighted by molar-refractivity contribution is 5.79. The fourth-order valence-electron chi connectivity index (χ4n) is 2.54. The van der Waals surface area contributed by atoms with Gasteiger partial charge in [0.15, 0.2) is 0 Å². The zero-order chi connectivity index (χ0) is 12.0. The zero-order valence-electron chi connectivity index (χ0n) is 10.6. The average molecular weight is 227 g/mol. The highest BCUT2D eigenvalue weighted by Crippen LogP contribution is 2.30. The first-order chi connectivity index (χ1) is 7.70. The summed E-state index contributed by atoms with van der Waals surface area (Å²) in [5, 5.41) is 9.30. The van der Waals surface area contributed by atoms with E-state index in [0.29, 0.717) is 0 Å². The van der Waals surface area contributed by atoms with Crippen LogP contribution in [0.5, 0.6) is 0 Å². The molecule has 0 aliphatic heterocycles. The van der Waals surface area contributed by atoms with Gasteiger partial charge in [-0.05, 0) is 25.2 Å². The number of hydrogen-bond donors (Lipinski definition) is 1. The summed E-state index contributed by atoms with van der Waals surface area (Å²) in [5.41, 5.74) is 0. The summed E-state index contributed by atoms with van der Waals surface area (Å²) in [6.07, 6.45) is 6.45. The first kappa shape index (κ1) is 13.5. The van der Waals surface area contributed by atoms with Crippen molar-refractivity contribution in [3.8, 4) is 0 Å². The number of rotatable bonds is 5. The van der Waals surface area contributed by atoms with Crippen molar-refractivity contribution in [3.05, 3.63) is 0 Å². The Balaban J connectivity index is 2.49. The molecule has 1 N–H and O–H groups in total. The van der Waals surface area contributed by atoms with Crippen LogP contribution >= 0.6 is 0 Å². The van der Waals surface area contributed by atoms with Crippen LogP contribution < -0.4 is 0 Å². The zero-order valence-corrected chi connectivity index (χ0v) is 10.6. The maximum Gasteiger partial charge on any atom is 0.225 e. The molecule has 0 aromatic carbocycles. The van der Waals surface area contributed by atoms with Crippen molar-refractivity contribution in [2.24, 2.45) is 11.8 Å². The molecule has 94 valence electrons. The SMILES string of the molecule is CCCCN(C)C(=O)C1CCCCC1CO. The third kappa shape index (κ3) is 3.48. The number of aliphatic hydroxyl groups excluding tert-OH is 1. The van der Waals surface area contributed by atoms with Gasteiger partial charge in [0.25, 0.3) is 0 Å². The Hall–Kier alpha value is -0.570. The molecule has 0 spiro atoms. The number of nitrogens with zero attached hydrogens (tertiary/aromatic N) is 1. The van der Waals surface area contributed by atoms with Crippen LogP contribution in [-0.2, 0) is 4.79 Å². The van der Waals surface area contributed by atoms with Crippen LogP contribution in [0.15, 0.2) is 0 Å². The quantitative estimate of drug-likeness (QED) is 0.781. The molecular weight excluding hydrogens is 202 g/mol. The molecule has 0 aromatic rings. The first-order valence-corrected chi connectivity index (χ1v) is 6.56. The molecule has 1 amide bonds. The lowest BCUT2D eigenvalue weighted by Crippen LogP contribution is -2.39. The lowest BCUT2D eigenvalue weighted by Gasteiger charge is -2.32. The van der Waals surface area contributed by atoms with Crippen LogP contribution in [-0.4, -0.2) is 36.1 Å². The van der Waals surface area contributed by atoms with Gasteiger partial charge in [0.1, 0.15) is 0 Å². The van der Waals surface area contributed by atoms with Gasteiger partial charge in [-0.3, -0.25) is 4.79 Å². The van der Waals surface area contributed by atoms with E-state index in [0.717, 1.165) is 45.1 Å². The molecule has 0 heterocycles. The Morgan fingerprint density at radius 2 is 2.06 bits per heavy atom. The number of carbonyl (C=O) groups is 1. The van der Waals surface area contributed by atoms with Crippen LogP contribution in [0.25, 0.3) is 0 Å². The molecule has 16 heavy (non-hydrogen) atoms. The molecule has 1 saturated carbocycles. The van der Waals surface area contributed by atoms with E-state index in [9.17, 15) is 9.90 Å².